The predicted octanol–water partition coefficient (Wildman–Crippen LogP) is 4.11. The van der Waals surface area contributed by atoms with Gasteiger partial charge >= 0.3 is 5.97 Å². The van der Waals surface area contributed by atoms with Crippen molar-refractivity contribution in [2.45, 2.75) is 4.90 Å². The first-order chi connectivity index (χ1) is 16.2. The molecule has 0 aliphatic carbocycles. The smallest absolute Gasteiger partial charge is 0.337 e. The van der Waals surface area contributed by atoms with E-state index < -0.39 is 34.3 Å². The SMILES string of the molecule is COC(=O)c1ccc(Cl)c(NC(=O)CN(c2ccccc2F)S(=O)(=O)c2ccc(OC)cc2)c1. The average molecular weight is 507 g/mol. The zero-order valence-corrected chi connectivity index (χ0v) is 19.7. The fourth-order valence-corrected chi connectivity index (χ4v) is 4.61. The first kappa shape index (κ1) is 25.0. The van der Waals surface area contributed by atoms with Crippen molar-refractivity contribution >= 4 is 44.9 Å². The number of esters is 1. The van der Waals surface area contributed by atoms with Gasteiger partial charge in [0.1, 0.15) is 18.1 Å². The molecule has 3 rings (SSSR count). The molecule has 3 aromatic carbocycles. The third-order valence-corrected chi connectivity index (χ3v) is 6.82. The van der Waals surface area contributed by atoms with Gasteiger partial charge in [0.25, 0.3) is 10.0 Å². The molecule has 34 heavy (non-hydrogen) atoms. The number of ether oxygens (including phenoxy) is 2. The van der Waals surface area contributed by atoms with Crippen LogP contribution in [0.3, 0.4) is 0 Å². The van der Waals surface area contributed by atoms with Gasteiger partial charge in [0.2, 0.25) is 5.91 Å². The maximum absolute atomic E-state index is 14.6. The normalized spacial score (nSPS) is 10.9. The summed E-state index contributed by atoms with van der Waals surface area (Å²) in [6.45, 7) is -0.770. The van der Waals surface area contributed by atoms with E-state index in [2.05, 4.69) is 10.1 Å². The van der Waals surface area contributed by atoms with Crippen molar-refractivity contribution in [2.75, 3.05) is 30.4 Å². The highest BCUT2D eigenvalue weighted by Crippen LogP contribution is 2.28. The van der Waals surface area contributed by atoms with Crippen LogP contribution >= 0.6 is 11.6 Å². The molecule has 1 N–H and O–H groups in total. The van der Waals surface area contributed by atoms with Crippen LogP contribution in [0.1, 0.15) is 10.4 Å². The Morgan fingerprint density at radius 2 is 1.71 bits per heavy atom. The van der Waals surface area contributed by atoms with Crippen LogP contribution in [0.5, 0.6) is 5.75 Å². The van der Waals surface area contributed by atoms with Gasteiger partial charge in [0, 0.05) is 0 Å². The van der Waals surface area contributed by atoms with Crippen LogP contribution in [-0.4, -0.2) is 41.1 Å². The number of methoxy groups -OCH3 is 2. The zero-order chi connectivity index (χ0) is 24.9. The molecule has 0 heterocycles. The fourth-order valence-electron chi connectivity index (χ4n) is 3.01. The van der Waals surface area contributed by atoms with Crippen molar-refractivity contribution in [3.8, 4) is 5.75 Å². The van der Waals surface area contributed by atoms with E-state index in [-0.39, 0.29) is 26.9 Å². The third kappa shape index (κ3) is 5.46. The largest absolute Gasteiger partial charge is 0.497 e. The minimum atomic E-state index is -4.35. The number of anilines is 2. The molecule has 11 heteroatoms. The molecule has 0 saturated heterocycles. The van der Waals surface area contributed by atoms with Gasteiger partial charge in [-0.15, -0.1) is 0 Å². The molecule has 178 valence electrons. The number of nitrogens with one attached hydrogen (secondary N) is 1. The van der Waals surface area contributed by atoms with E-state index >= 15 is 0 Å². The summed E-state index contributed by atoms with van der Waals surface area (Å²) in [6, 6.07) is 14.7. The van der Waals surface area contributed by atoms with Crippen LogP contribution in [-0.2, 0) is 19.6 Å². The number of carbonyl (C=O) groups is 2. The molecule has 0 aliphatic heterocycles. The van der Waals surface area contributed by atoms with Gasteiger partial charge in [-0.3, -0.25) is 9.10 Å². The van der Waals surface area contributed by atoms with Crippen molar-refractivity contribution in [2.24, 2.45) is 0 Å². The van der Waals surface area contributed by atoms with Crippen LogP contribution in [0.15, 0.2) is 71.6 Å². The van der Waals surface area contributed by atoms with Crippen molar-refractivity contribution in [1.82, 2.24) is 0 Å². The Balaban J connectivity index is 1.96. The Bertz CT molecular complexity index is 1320. The van der Waals surface area contributed by atoms with Gasteiger partial charge in [-0.05, 0) is 54.6 Å². The summed E-state index contributed by atoms with van der Waals surface area (Å²) in [4.78, 5) is 24.5. The third-order valence-electron chi connectivity index (χ3n) is 4.72. The Hall–Kier alpha value is -3.63. The van der Waals surface area contributed by atoms with E-state index in [4.69, 9.17) is 16.3 Å². The lowest BCUT2D eigenvalue weighted by molar-refractivity contribution is -0.114. The molecule has 0 fully saturated rings. The molecule has 0 spiro atoms. The number of benzene rings is 3. The van der Waals surface area contributed by atoms with Gasteiger partial charge in [-0.1, -0.05) is 23.7 Å². The molecule has 0 saturated carbocycles. The van der Waals surface area contributed by atoms with E-state index in [0.29, 0.717) is 10.1 Å². The first-order valence-corrected chi connectivity index (χ1v) is 11.6. The van der Waals surface area contributed by atoms with Crippen LogP contribution in [0.25, 0.3) is 0 Å². The van der Waals surface area contributed by atoms with E-state index in [1.807, 2.05) is 0 Å². The lowest BCUT2D eigenvalue weighted by Gasteiger charge is -2.24. The molecule has 0 unspecified atom stereocenters. The number of amides is 1. The highest BCUT2D eigenvalue weighted by atomic mass is 35.5. The molecule has 1 amide bonds. The highest BCUT2D eigenvalue weighted by molar-refractivity contribution is 7.92. The van der Waals surface area contributed by atoms with Gasteiger partial charge in [-0.25, -0.2) is 17.6 Å². The number of hydrogen-bond acceptors (Lipinski definition) is 6. The number of sulfonamides is 1. The standard InChI is InChI=1S/C23H20ClFN2O6S/c1-32-16-8-10-17(11-9-16)34(30,31)27(21-6-4-3-5-19(21)25)14-22(28)26-20-13-15(23(29)33-2)7-12-18(20)24/h3-13H,14H2,1-2H3,(H,26,28). The summed E-state index contributed by atoms with van der Waals surface area (Å²) in [5, 5.41) is 2.57. The molecular weight excluding hydrogens is 487 g/mol. The summed E-state index contributed by atoms with van der Waals surface area (Å²) in [5.74, 6) is -1.88. The maximum Gasteiger partial charge on any atom is 0.337 e. The van der Waals surface area contributed by atoms with Crippen LogP contribution in [0, 0.1) is 5.82 Å². The molecule has 8 nitrogen and oxygen atoms in total. The summed E-state index contributed by atoms with van der Waals surface area (Å²) in [6.07, 6.45) is 0. The van der Waals surface area contributed by atoms with Crippen molar-refractivity contribution < 1.29 is 31.9 Å². The van der Waals surface area contributed by atoms with Crippen molar-refractivity contribution in [1.29, 1.82) is 0 Å². The number of rotatable bonds is 8. The van der Waals surface area contributed by atoms with Crippen LogP contribution < -0.4 is 14.4 Å². The van der Waals surface area contributed by atoms with Crippen LogP contribution in [0.4, 0.5) is 15.8 Å². The second-order valence-corrected chi connectivity index (χ2v) is 9.14. The highest BCUT2D eigenvalue weighted by Gasteiger charge is 2.29. The molecule has 3 aromatic rings. The van der Waals surface area contributed by atoms with Gasteiger partial charge in [0.15, 0.2) is 0 Å². The van der Waals surface area contributed by atoms with Crippen molar-refractivity contribution in [3.05, 3.63) is 83.1 Å². The molecule has 0 bridgehead atoms. The number of nitrogens with zero attached hydrogens (tertiary/aromatic N) is 1. The van der Waals surface area contributed by atoms with Gasteiger partial charge < -0.3 is 14.8 Å². The van der Waals surface area contributed by atoms with E-state index in [1.165, 1.54) is 74.9 Å². The predicted molar refractivity (Wildman–Crippen MR) is 125 cm³/mol. The number of halogens is 2. The number of hydrogen-bond donors (Lipinski definition) is 1. The van der Waals surface area contributed by atoms with E-state index in [1.54, 1.807) is 0 Å². The topological polar surface area (TPSA) is 102 Å². The molecule has 0 aromatic heterocycles. The minimum Gasteiger partial charge on any atom is -0.497 e. The number of carbonyl (C=O) groups excluding carboxylic acids is 2. The molecule has 0 aliphatic rings. The van der Waals surface area contributed by atoms with Crippen LogP contribution in [0.2, 0.25) is 5.02 Å². The lowest BCUT2D eigenvalue weighted by atomic mass is 10.2. The lowest BCUT2D eigenvalue weighted by Crippen LogP contribution is -2.38. The summed E-state index contributed by atoms with van der Waals surface area (Å²) in [7, 11) is -1.72. The Morgan fingerprint density at radius 1 is 1.03 bits per heavy atom. The van der Waals surface area contributed by atoms with Gasteiger partial charge in [-0.2, -0.15) is 0 Å². The van der Waals surface area contributed by atoms with Gasteiger partial charge in [0.05, 0.1) is 41.1 Å². The van der Waals surface area contributed by atoms with E-state index in [0.717, 1.165) is 6.07 Å². The number of para-hydroxylation sites is 1. The zero-order valence-electron chi connectivity index (χ0n) is 18.1. The quantitative estimate of drug-likeness (QED) is 0.461. The second-order valence-electron chi connectivity index (χ2n) is 6.87. The Morgan fingerprint density at radius 3 is 2.32 bits per heavy atom. The Labute approximate surface area is 200 Å². The molecule has 0 atom stereocenters. The monoisotopic (exact) mass is 506 g/mol. The Kier molecular flexibility index (Phi) is 7.75. The summed E-state index contributed by atoms with van der Waals surface area (Å²) < 4.78 is 51.7. The fraction of sp³-hybridized carbons (Fsp3) is 0.130. The molecular formula is C23H20ClFN2O6S. The van der Waals surface area contributed by atoms with Crippen molar-refractivity contribution in [3.63, 3.8) is 0 Å². The first-order valence-electron chi connectivity index (χ1n) is 9.76. The molecule has 0 radical (unpaired) electrons. The summed E-state index contributed by atoms with van der Waals surface area (Å²) in [5.41, 5.74) is -0.133. The minimum absolute atomic E-state index is 0.0601. The average Bonchev–Trinajstić information content (AvgIpc) is 2.84. The second kappa shape index (κ2) is 10.5. The summed E-state index contributed by atoms with van der Waals surface area (Å²) >= 11 is 6.11. The maximum atomic E-state index is 14.6. The van der Waals surface area contributed by atoms with E-state index in [9.17, 15) is 22.4 Å².